The van der Waals surface area contributed by atoms with Gasteiger partial charge in [0.2, 0.25) is 0 Å². The molecule has 3 heterocycles. The van der Waals surface area contributed by atoms with E-state index in [0.717, 1.165) is 21.3 Å². The smallest absolute Gasteiger partial charge is 0.301 e. The molecule has 0 saturated carbocycles. The zero-order valence-electron chi connectivity index (χ0n) is 22.0. The summed E-state index contributed by atoms with van der Waals surface area (Å²) in [7, 11) is 0. The molecular formula is C31H26N2O6S. The molecule has 1 atom stereocenters. The molecule has 0 bridgehead atoms. The Labute approximate surface area is 234 Å². The number of hydrogen-bond acceptors (Lipinski definition) is 8. The molecule has 1 saturated heterocycles. The molecule has 3 aromatic carbocycles. The number of rotatable bonds is 6. The molecule has 1 fully saturated rings. The molecule has 0 aliphatic carbocycles. The summed E-state index contributed by atoms with van der Waals surface area (Å²) in [6, 6.07) is 15.1. The highest BCUT2D eigenvalue weighted by Crippen LogP contribution is 2.46. The van der Waals surface area contributed by atoms with E-state index in [-0.39, 0.29) is 17.9 Å². The first-order valence-electron chi connectivity index (χ1n) is 12.8. The molecule has 2 aliphatic heterocycles. The summed E-state index contributed by atoms with van der Waals surface area (Å²) in [5.74, 6) is -0.340. The molecule has 8 nitrogen and oxygen atoms in total. The van der Waals surface area contributed by atoms with Crippen LogP contribution in [-0.2, 0) is 9.59 Å². The van der Waals surface area contributed by atoms with Crippen molar-refractivity contribution < 1.29 is 28.9 Å². The van der Waals surface area contributed by atoms with Gasteiger partial charge in [-0.25, -0.2) is 4.98 Å². The van der Waals surface area contributed by atoms with Gasteiger partial charge in [-0.15, -0.1) is 0 Å². The van der Waals surface area contributed by atoms with E-state index >= 15 is 0 Å². The summed E-state index contributed by atoms with van der Waals surface area (Å²) in [6.07, 6.45) is 1.63. The number of thiazole rings is 1. The van der Waals surface area contributed by atoms with E-state index in [4.69, 9.17) is 19.2 Å². The third kappa shape index (κ3) is 4.38. The van der Waals surface area contributed by atoms with Gasteiger partial charge in [-0.2, -0.15) is 0 Å². The van der Waals surface area contributed by atoms with Crippen molar-refractivity contribution in [1.29, 1.82) is 0 Å². The Hall–Kier alpha value is -4.63. The fourth-order valence-electron chi connectivity index (χ4n) is 5.08. The van der Waals surface area contributed by atoms with Gasteiger partial charge in [0.25, 0.3) is 5.78 Å². The number of hydrogen-bond donors (Lipinski definition) is 1. The number of nitrogens with zero attached hydrogens (tertiary/aromatic N) is 2. The van der Waals surface area contributed by atoms with Crippen molar-refractivity contribution >= 4 is 44.1 Å². The van der Waals surface area contributed by atoms with Crippen LogP contribution in [0.3, 0.4) is 0 Å². The van der Waals surface area contributed by atoms with Crippen LogP contribution in [0, 0.1) is 13.8 Å². The zero-order chi connectivity index (χ0) is 28.0. The fraction of sp³-hybridized carbons (Fsp3) is 0.194. The molecule has 6 rings (SSSR count). The molecule has 202 valence electrons. The van der Waals surface area contributed by atoms with E-state index in [9.17, 15) is 14.7 Å². The number of aryl methyl sites for hydroxylation is 2. The first-order chi connectivity index (χ1) is 19.4. The van der Waals surface area contributed by atoms with Crippen molar-refractivity contribution in [2.75, 3.05) is 24.7 Å². The summed E-state index contributed by atoms with van der Waals surface area (Å²) in [5.41, 5.74) is 3.69. The third-order valence-electron chi connectivity index (χ3n) is 6.83. The number of aliphatic hydroxyl groups is 1. The second-order valence-electron chi connectivity index (χ2n) is 9.62. The van der Waals surface area contributed by atoms with Gasteiger partial charge in [0.15, 0.2) is 16.6 Å². The summed E-state index contributed by atoms with van der Waals surface area (Å²) < 4.78 is 17.9. The van der Waals surface area contributed by atoms with Gasteiger partial charge in [0.1, 0.15) is 31.3 Å². The highest BCUT2D eigenvalue weighted by Gasteiger charge is 2.48. The van der Waals surface area contributed by atoms with Crippen LogP contribution in [-0.4, -0.2) is 41.6 Å². The number of ketones is 1. The number of anilines is 1. The Bertz CT molecular complexity index is 1720. The number of amides is 1. The SMILES string of the molecule is C=CCOc1cccc(C2/C(=C(/O)c3ccc4c(c3)OCCO4)C(=O)C(=O)N2c2nc3c(C)cc(C)cc3s2)c1. The van der Waals surface area contributed by atoms with Gasteiger partial charge in [-0.1, -0.05) is 42.2 Å². The number of ether oxygens (including phenoxy) is 3. The van der Waals surface area contributed by atoms with Crippen LogP contribution in [0.5, 0.6) is 17.2 Å². The van der Waals surface area contributed by atoms with Crippen molar-refractivity contribution in [3.8, 4) is 17.2 Å². The number of carbonyl (C=O) groups excluding carboxylic acids is 2. The van der Waals surface area contributed by atoms with E-state index in [1.165, 1.54) is 16.2 Å². The highest BCUT2D eigenvalue weighted by atomic mass is 32.1. The van der Waals surface area contributed by atoms with E-state index < -0.39 is 17.7 Å². The predicted octanol–water partition coefficient (Wildman–Crippen LogP) is 5.88. The van der Waals surface area contributed by atoms with Gasteiger partial charge in [0.05, 0.1) is 21.8 Å². The lowest BCUT2D eigenvalue weighted by Crippen LogP contribution is -2.29. The number of aromatic nitrogens is 1. The second kappa shape index (κ2) is 10.2. The first kappa shape index (κ1) is 25.6. The van der Waals surface area contributed by atoms with Crippen LogP contribution in [0.1, 0.15) is 28.3 Å². The molecule has 4 aromatic rings. The van der Waals surface area contributed by atoms with Crippen molar-refractivity contribution in [2.24, 2.45) is 0 Å². The predicted molar refractivity (Wildman–Crippen MR) is 153 cm³/mol. The average Bonchev–Trinajstić information content (AvgIpc) is 3.49. The number of benzene rings is 3. The van der Waals surface area contributed by atoms with Crippen LogP contribution in [0.4, 0.5) is 5.13 Å². The Morgan fingerprint density at radius 3 is 2.73 bits per heavy atom. The average molecular weight is 555 g/mol. The minimum atomic E-state index is -0.942. The van der Waals surface area contributed by atoms with Crippen molar-refractivity contribution in [3.63, 3.8) is 0 Å². The molecule has 0 spiro atoms. The van der Waals surface area contributed by atoms with Crippen molar-refractivity contribution in [2.45, 2.75) is 19.9 Å². The van der Waals surface area contributed by atoms with Crippen LogP contribution in [0.15, 0.2) is 72.8 Å². The molecule has 0 radical (unpaired) electrons. The molecule has 1 amide bonds. The minimum absolute atomic E-state index is 0.0466. The lowest BCUT2D eigenvalue weighted by molar-refractivity contribution is -0.132. The van der Waals surface area contributed by atoms with E-state index in [1.54, 1.807) is 48.5 Å². The molecule has 40 heavy (non-hydrogen) atoms. The lowest BCUT2D eigenvalue weighted by atomic mass is 9.95. The number of carbonyl (C=O) groups is 2. The van der Waals surface area contributed by atoms with Gasteiger partial charge in [-0.05, 0) is 66.9 Å². The van der Waals surface area contributed by atoms with E-state index in [2.05, 4.69) is 6.58 Å². The Kier molecular flexibility index (Phi) is 6.51. The monoisotopic (exact) mass is 554 g/mol. The molecular weight excluding hydrogens is 528 g/mol. The van der Waals surface area contributed by atoms with Gasteiger partial charge in [0, 0.05) is 5.56 Å². The van der Waals surface area contributed by atoms with Crippen molar-refractivity contribution in [3.05, 3.63) is 95.1 Å². The number of aliphatic hydroxyl groups excluding tert-OH is 1. The normalized spacial score (nSPS) is 17.9. The number of fused-ring (bicyclic) bond motifs is 2. The standard InChI is InChI=1S/C31H26N2O6S/c1-4-10-37-21-7-5-6-19(15-21)27-25(28(34)20-8-9-22-23(16-20)39-12-11-38-22)29(35)30(36)33(27)31-32-26-18(3)13-17(2)14-24(26)40-31/h4-9,13-16,27,34H,1,10-12H2,2-3H3/b28-25-. The maximum atomic E-state index is 13.7. The lowest BCUT2D eigenvalue weighted by Gasteiger charge is -2.23. The maximum Gasteiger partial charge on any atom is 0.301 e. The Balaban J connectivity index is 1.54. The molecule has 9 heteroatoms. The summed E-state index contributed by atoms with van der Waals surface area (Å²) >= 11 is 1.33. The summed E-state index contributed by atoms with van der Waals surface area (Å²) in [6.45, 7) is 8.74. The van der Waals surface area contributed by atoms with Crippen LogP contribution in [0.2, 0.25) is 0 Å². The van der Waals surface area contributed by atoms with Crippen molar-refractivity contribution in [1.82, 2.24) is 4.98 Å². The topological polar surface area (TPSA) is 98.2 Å². The van der Waals surface area contributed by atoms with Crippen LogP contribution >= 0.6 is 11.3 Å². The highest BCUT2D eigenvalue weighted by molar-refractivity contribution is 7.22. The van der Waals surface area contributed by atoms with Gasteiger partial charge in [-0.3, -0.25) is 14.5 Å². The molecule has 1 aromatic heterocycles. The van der Waals surface area contributed by atoms with Gasteiger partial charge >= 0.3 is 5.91 Å². The Morgan fingerprint density at radius 1 is 1.12 bits per heavy atom. The summed E-state index contributed by atoms with van der Waals surface area (Å²) in [4.78, 5) is 33.5. The fourth-order valence-corrected chi connectivity index (χ4v) is 6.25. The van der Waals surface area contributed by atoms with Crippen LogP contribution < -0.4 is 19.1 Å². The second-order valence-corrected chi connectivity index (χ2v) is 10.6. The molecule has 1 N–H and O–H groups in total. The van der Waals surface area contributed by atoms with E-state index in [1.807, 2.05) is 26.0 Å². The molecule has 2 aliphatic rings. The van der Waals surface area contributed by atoms with E-state index in [0.29, 0.717) is 46.7 Å². The van der Waals surface area contributed by atoms with Crippen LogP contribution in [0.25, 0.3) is 16.0 Å². The first-order valence-corrected chi connectivity index (χ1v) is 13.6. The molecule has 1 unspecified atom stereocenters. The maximum absolute atomic E-state index is 13.7. The number of Topliss-reactive ketones (excluding diaryl/α,β-unsaturated/α-hetero) is 1. The minimum Gasteiger partial charge on any atom is -0.507 e. The van der Waals surface area contributed by atoms with Gasteiger partial charge < -0.3 is 19.3 Å². The Morgan fingerprint density at radius 2 is 1.93 bits per heavy atom. The zero-order valence-corrected chi connectivity index (χ0v) is 22.8. The largest absolute Gasteiger partial charge is 0.507 e. The summed E-state index contributed by atoms with van der Waals surface area (Å²) in [5, 5.41) is 11.9. The third-order valence-corrected chi connectivity index (χ3v) is 7.83. The quantitative estimate of drug-likeness (QED) is 0.138.